The molecule has 1 aliphatic rings. The largest absolute Gasteiger partial charge is 0.497 e. The molecule has 1 aromatic heterocycles. The number of hydrogen-bond acceptors (Lipinski definition) is 3. The maximum atomic E-state index is 14.4. The van der Waals surface area contributed by atoms with Crippen molar-refractivity contribution in [2.24, 2.45) is 11.8 Å². The monoisotopic (exact) mass is 438 g/mol. The number of halogens is 1. The van der Waals surface area contributed by atoms with Crippen LogP contribution < -0.4 is 10.1 Å². The van der Waals surface area contributed by atoms with E-state index in [-0.39, 0.29) is 18.1 Å². The number of nitrogens with one attached hydrogen (secondary N) is 1. The van der Waals surface area contributed by atoms with Gasteiger partial charge >= 0.3 is 5.97 Å². The van der Waals surface area contributed by atoms with Gasteiger partial charge in [0.05, 0.1) is 19.2 Å². The minimum atomic E-state index is -1.02. The summed E-state index contributed by atoms with van der Waals surface area (Å²) in [6.45, 7) is 5.14. The molecule has 170 valence electrons. The van der Waals surface area contributed by atoms with E-state index in [1.807, 2.05) is 18.2 Å². The summed E-state index contributed by atoms with van der Waals surface area (Å²) in [7, 11) is 1.58. The number of carboxylic acids is 1. The molecule has 3 atom stereocenters. The fourth-order valence-corrected chi connectivity index (χ4v) is 5.02. The molecule has 0 unspecified atom stereocenters. The summed E-state index contributed by atoms with van der Waals surface area (Å²) in [5.74, 6) is 0.448. The predicted octanol–water partition coefficient (Wildman–Crippen LogP) is 5.45. The number of aromatic nitrogens is 1. The second kappa shape index (κ2) is 9.33. The Bertz CT molecular complexity index is 1120. The van der Waals surface area contributed by atoms with Crippen LogP contribution in [0.4, 0.5) is 4.39 Å². The van der Waals surface area contributed by atoms with E-state index < -0.39 is 5.97 Å². The second-order valence-corrected chi connectivity index (χ2v) is 8.95. The van der Waals surface area contributed by atoms with Crippen LogP contribution in [0.15, 0.2) is 42.5 Å². The molecule has 1 saturated carbocycles. The van der Waals surface area contributed by atoms with Crippen molar-refractivity contribution < 1.29 is 19.0 Å². The summed E-state index contributed by atoms with van der Waals surface area (Å²) in [6, 6.07) is 12.4. The molecular weight excluding hydrogens is 407 g/mol. The summed E-state index contributed by atoms with van der Waals surface area (Å²) in [5, 5.41) is 14.7. The summed E-state index contributed by atoms with van der Waals surface area (Å²) >= 11 is 0. The Balaban J connectivity index is 1.78. The number of fused-ring (bicyclic) bond motifs is 1. The van der Waals surface area contributed by atoms with E-state index in [0.717, 1.165) is 22.9 Å². The molecule has 1 aliphatic carbocycles. The Labute approximate surface area is 188 Å². The zero-order valence-corrected chi connectivity index (χ0v) is 18.9. The van der Waals surface area contributed by atoms with E-state index in [1.165, 1.54) is 18.9 Å². The van der Waals surface area contributed by atoms with Crippen molar-refractivity contribution in [2.75, 3.05) is 7.11 Å². The van der Waals surface area contributed by atoms with Gasteiger partial charge in [-0.3, -0.25) is 0 Å². The number of aromatic carboxylic acids is 1. The lowest BCUT2D eigenvalue weighted by atomic mass is 9.78. The van der Waals surface area contributed by atoms with E-state index in [0.29, 0.717) is 35.7 Å². The normalized spacial score (nSPS) is 21.1. The number of benzene rings is 2. The van der Waals surface area contributed by atoms with E-state index in [1.54, 1.807) is 29.9 Å². The lowest BCUT2D eigenvalue weighted by Crippen LogP contribution is -2.40. The Hall–Kier alpha value is -2.86. The van der Waals surface area contributed by atoms with Gasteiger partial charge in [-0.2, -0.15) is 0 Å². The Morgan fingerprint density at radius 3 is 2.72 bits per heavy atom. The van der Waals surface area contributed by atoms with Crippen LogP contribution >= 0.6 is 0 Å². The van der Waals surface area contributed by atoms with Crippen molar-refractivity contribution in [3.8, 4) is 5.75 Å². The number of rotatable bonds is 7. The van der Waals surface area contributed by atoms with Crippen LogP contribution in [0.1, 0.15) is 54.7 Å². The van der Waals surface area contributed by atoms with Crippen LogP contribution in [0.2, 0.25) is 0 Å². The topological polar surface area (TPSA) is 63.5 Å². The summed E-state index contributed by atoms with van der Waals surface area (Å²) < 4.78 is 21.5. The van der Waals surface area contributed by atoms with Crippen LogP contribution in [0.3, 0.4) is 0 Å². The highest BCUT2D eigenvalue weighted by Gasteiger charge is 2.28. The highest BCUT2D eigenvalue weighted by Crippen LogP contribution is 2.33. The number of ether oxygens (including phenoxy) is 1. The molecule has 0 bridgehead atoms. The Morgan fingerprint density at radius 2 is 2.00 bits per heavy atom. The maximum Gasteiger partial charge on any atom is 0.352 e. The fourth-order valence-electron chi connectivity index (χ4n) is 5.02. The zero-order valence-electron chi connectivity index (χ0n) is 18.9. The third-order valence-electron chi connectivity index (χ3n) is 7.11. The van der Waals surface area contributed by atoms with Crippen LogP contribution in [-0.4, -0.2) is 28.8 Å². The SMILES string of the molecule is COc1ccc2c(CN[C@@H]3CCC[C@H](C)[C@@H]3C)c(C(=O)O)n(Cc3ccccc3F)c2c1. The molecule has 0 radical (unpaired) electrons. The number of nitrogens with zero attached hydrogens (tertiary/aromatic N) is 1. The average Bonchev–Trinajstić information content (AvgIpc) is 3.09. The van der Waals surface area contributed by atoms with Gasteiger partial charge in [0.2, 0.25) is 0 Å². The minimum Gasteiger partial charge on any atom is -0.497 e. The van der Waals surface area contributed by atoms with E-state index in [4.69, 9.17) is 4.74 Å². The molecule has 0 spiro atoms. The number of carbonyl (C=O) groups is 1. The molecule has 0 saturated heterocycles. The third kappa shape index (κ3) is 4.24. The molecule has 0 aliphatic heterocycles. The van der Waals surface area contributed by atoms with Crippen LogP contribution in [0.5, 0.6) is 5.75 Å². The summed E-state index contributed by atoms with van der Waals surface area (Å²) in [6.07, 6.45) is 3.51. The lowest BCUT2D eigenvalue weighted by Gasteiger charge is -2.34. The molecule has 2 aromatic carbocycles. The fraction of sp³-hybridized carbons (Fsp3) is 0.423. The van der Waals surface area contributed by atoms with Gasteiger partial charge in [0.15, 0.2) is 0 Å². The molecule has 2 N–H and O–H groups in total. The average molecular weight is 439 g/mol. The molecule has 1 heterocycles. The van der Waals surface area contributed by atoms with Gasteiger partial charge in [0, 0.05) is 35.2 Å². The Kier molecular flexibility index (Phi) is 6.51. The number of carboxylic acid groups (broad SMARTS) is 1. The van der Waals surface area contributed by atoms with Gasteiger partial charge < -0.3 is 19.7 Å². The molecule has 3 aromatic rings. The highest BCUT2D eigenvalue weighted by atomic mass is 19.1. The molecule has 0 amide bonds. The van der Waals surface area contributed by atoms with Gasteiger partial charge in [-0.1, -0.05) is 44.9 Å². The predicted molar refractivity (Wildman–Crippen MR) is 124 cm³/mol. The number of hydrogen-bond donors (Lipinski definition) is 2. The van der Waals surface area contributed by atoms with Crippen molar-refractivity contribution in [1.29, 1.82) is 0 Å². The van der Waals surface area contributed by atoms with Gasteiger partial charge in [-0.05, 0) is 36.5 Å². The molecule has 32 heavy (non-hydrogen) atoms. The second-order valence-electron chi connectivity index (χ2n) is 8.95. The summed E-state index contributed by atoms with van der Waals surface area (Å²) in [4.78, 5) is 12.4. The van der Waals surface area contributed by atoms with Gasteiger partial charge in [0.25, 0.3) is 0 Å². The first-order chi connectivity index (χ1) is 15.4. The van der Waals surface area contributed by atoms with Crippen LogP contribution in [0, 0.1) is 17.7 Å². The molecule has 4 rings (SSSR count). The third-order valence-corrected chi connectivity index (χ3v) is 7.11. The molecule has 6 heteroatoms. The van der Waals surface area contributed by atoms with E-state index in [2.05, 4.69) is 19.2 Å². The number of methoxy groups -OCH3 is 1. The maximum absolute atomic E-state index is 14.4. The van der Waals surface area contributed by atoms with Crippen molar-refractivity contribution in [1.82, 2.24) is 9.88 Å². The highest BCUT2D eigenvalue weighted by molar-refractivity contribution is 5.98. The van der Waals surface area contributed by atoms with Crippen molar-refractivity contribution in [3.63, 3.8) is 0 Å². The smallest absolute Gasteiger partial charge is 0.352 e. The van der Waals surface area contributed by atoms with Crippen LogP contribution in [-0.2, 0) is 13.1 Å². The van der Waals surface area contributed by atoms with Crippen molar-refractivity contribution in [2.45, 2.75) is 52.2 Å². The van der Waals surface area contributed by atoms with Crippen molar-refractivity contribution >= 4 is 16.9 Å². The lowest BCUT2D eigenvalue weighted by molar-refractivity contribution is 0.0684. The molecule has 5 nitrogen and oxygen atoms in total. The zero-order chi connectivity index (χ0) is 22.8. The van der Waals surface area contributed by atoms with Crippen molar-refractivity contribution in [3.05, 3.63) is 65.1 Å². The van der Waals surface area contributed by atoms with Gasteiger partial charge in [-0.15, -0.1) is 0 Å². The first-order valence-corrected chi connectivity index (χ1v) is 11.3. The minimum absolute atomic E-state index is 0.134. The summed E-state index contributed by atoms with van der Waals surface area (Å²) in [5.41, 5.74) is 2.10. The first-order valence-electron chi connectivity index (χ1n) is 11.3. The quantitative estimate of drug-likeness (QED) is 0.515. The van der Waals surface area contributed by atoms with Crippen LogP contribution in [0.25, 0.3) is 10.9 Å². The van der Waals surface area contributed by atoms with E-state index >= 15 is 0 Å². The van der Waals surface area contributed by atoms with Gasteiger partial charge in [0.1, 0.15) is 17.3 Å². The van der Waals surface area contributed by atoms with E-state index in [9.17, 15) is 14.3 Å². The molecule has 1 fully saturated rings. The first kappa shape index (κ1) is 22.3. The standard InChI is InChI=1S/C26H31FN2O3/c1-16-7-6-10-23(17(16)2)28-14-21-20-12-11-19(32-3)13-24(20)29(25(21)26(30)31)15-18-8-4-5-9-22(18)27/h4-5,8-9,11-13,16-17,23,28H,6-7,10,14-15H2,1-3H3,(H,30,31)/t16-,17-,23+/m0/s1. The van der Waals surface area contributed by atoms with Gasteiger partial charge in [-0.25, -0.2) is 9.18 Å². The Morgan fingerprint density at radius 1 is 1.22 bits per heavy atom. The molecular formula is C26H31FN2O3.